The Labute approximate surface area is 123 Å². The zero-order valence-corrected chi connectivity index (χ0v) is 12.6. The van der Waals surface area contributed by atoms with E-state index in [1.165, 1.54) is 6.42 Å². The van der Waals surface area contributed by atoms with Gasteiger partial charge in [-0.1, -0.05) is 53.2 Å². The molecule has 1 nitrogen and oxygen atoms in total. The highest BCUT2D eigenvalue weighted by Crippen LogP contribution is 2.19. The summed E-state index contributed by atoms with van der Waals surface area (Å²) in [5, 5.41) is 0. The maximum Gasteiger partial charge on any atom is 0.0702 e. The lowest BCUT2D eigenvalue weighted by atomic mass is 10.1. The highest BCUT2D eigenvalue weighted by atomic mass is 79.9. The molecule has 0 N–H and O–H groups in total. The second-order valence-corrected chi connectivity index (χ2v) is 5.26. The molecule has 0 fully saturated rings. The average molecular weight is 314 g/mol. The molecule has 0 amide bonds. The molecule has 0 aliphatic rings. The molecule has 0 aliphatic heterocycles. The summed E-state index contributed by atoms with van der Waals surface area (Å²) in [5.74, 6) is 6.32. The summed E-state index contributed by atoms with van der Waals surface area (Å²) in [6, 6.07) is 12.2. The highest BCUT2D eigenvalue weighted by molar-refractivity contribution is 9.10. The molecule has 1 heterocycles. The van der Waals surface area contributed by atoms with Gasteiger partial charge in [-0.25, -0.2) is 0 Å². The van der Waals surface area contributed by atoms with Gasteiger partial charge in [-0.2, -0.15) is 0 Å². The number of nitrogens with zero attached hydrogens (tertiary/aromatic N) is 1. The molecule has 0 aliphatic carbocycles. The van der Waals surface area contributed by atoms with Crippen molar-refractivity contribution >= 4 is 15.9 Å². The van der Waals surface area contributed by atoms with Gasteiger partial charge in [-0.05, 0) is 30.7 Å². The third-order valence-electron chi connectivity index (χ3n) is 2.79. The number of benzene rings is 1. The second-order valence-electron chi connectivity index (χ2n) is 4.34. The van der Waals surface area contributed by atoms with Gasteiger partial charge in [-0.3, -0.25) is 4.98 Å². The second kappa shape index (κ2) is 7.11. The molecule has 0 bridgehead atoms. The molecular weight excluding hydrogens is 298 g/mol. The van der Waals surface area contributed by atoms with Gasteiger partial charge in [0.1, 0.15) is 0 Å². The first-order chi connectivity index (χ1) is 9.29. The molecule has 2 aromatic rings. The average Bonchev–Trinajstić information content (AvgIpc) is 2.45. The van der Waals surface area contributed by atoms with Crippen molar-refractivity contribution in [3.8, 4) is 23.1 Å². The lowest BCUT2D eigenvalue weighted by molar-refractivity contribution is 0.828. The van der Waals surface area contributed by atoms with Crippen LogP contribution in [0, 0.1) is 11.8 Å². The van der Waals surface area contributed by atoms with Crippen LogP contribution in [0.15, 0.2) is 47.1 Å². The molecule has 0 unspecified atom stereocenters. The quantitative estimate of drug-likeness (QED) is 0.570. The maximum absolute atomic E-state index is 4.46. The Bertz CT molecular complexity index is 573. The van der Waals surface area contributed by atoms with Gasteiger partial charge in [0.05, 0.1) is 5.69 Å². The van der Waals surface area contributed by atoms with E-state index in [1.54, 1.807) is 0 Å². The third-order valence-corrected chi connectivity index (χ3v) is 3.32. The van der Waals surface area contributed by atoms with Gasteiger partial charge in [0, 0.05) is 28.2 Å². The summed E-state index contributed by atoms with van der Waals surface area (Å²) in [5.41, 5.74) is 3.08. The zero-order valence-electron chi connectivity index (χ0n) is 11.0. The minimum Gasteiger partial charge on any atom is -0.255 e. The van der Waals surface area contributed by atoms with Gasteiger partial charge in [-0.15, -0.1) is 0 Å². The normalized spacial score (nSPS) is 9.79. The van der Waals surface area contributed by atoms with Gasteiger partial charge < -0.3 is 0 Å². The van der Waals surface area contributed by atoms with Crippen molar-refractivity contribution in [3.63, 3.8) is 0 Å². The molecule has 19 heavy (non-hydrogen) atoms. The van der Waals surface area contributed by atoms with E-state index in [0.717, 1.165) is 34.1 Å². The van der Waals surface area contributed by atoms with E-state index in [2.05, 4.69) is 51.8 Å². The monoisotopic (exact) mass is 313 g/mol. The summed E-state index contributed by atoms with van der Waals surface area (Å²) in [4.78, 5) is 4.46. The smallest absolute Gasteiger partial charge is 0.0702 e. The van der Waals surface area contributed by atoms with E-state index in [4.69, 9.17) is 0 Å². The standard InChI is InChI=1S/C17H16BrN/c1-2-3-4-5-6-14-7-12-17(19-13-14)15-8-10-16(18)11-9-15/h7-13H,2-4H2,1H3. The SMILES string of the molecule is CCCCC#Cc1ccc(-c2ccc(Br)cc2)nc1. The topological polar surface area (TPSA) is 12.9 Å². The van der Waals surface area contributed by atoms with E-state index in [9.17, 15) is 0 Å². The number of aromatic nitrogens is 1. The summed E-state index contributed by atoms with van der Waals surface area (Å²) >= 11 is 3.43. The number of hydrogen-bond donors (Lipinski definition) is 0. The van der Waals surface area contributed by atoms with Gasteiger partial charge in [0.15, 0.2) is 0 Å². The minimum absolute atomic E-state index is 0.963. The number of rotatable bonds is 3. The first-order valence-corrected chi connectivity index (χ1v) is 7.30. The van der Waals surface area contributed by atoms with Crippen LogP contribution in [0.5, 0.6) is 0 Å². The van der Waals surface area contributed by atoms with Crippen molar-refractivity contribution < 1.29 is 0 Å². The third kappa shape index (κ3) is 4.22. The molecule has 0 saturated carbocycles. The number of hydrogen-bond acceptors (Lipinski definition) is 1. The first kappa shape index (κ1) is 13.8. The molecule has 1 aromatic carbocycles. The molecule has 0 saturated heterocycles. The summed E-state index contributed by atoms with van der Waals surface area (Å²) in [6.45, 7) is 2.18. The van der Waals surface area contributed by atoms with Crippen LogP contribution < -0.4 is 0 Å². The lowest BCUT2D eigenvalue weighted by Gasteiger charge is -2.00. The van der Waals surface area contributed by atoms with Crippen LogP contribution in [-0.4, -0.2) is 4.98 Å². The molecule has 0 atom stereocenters. The fraction of sp³-hybridized carbons (Fsp3) is 0.235. The van der Waals surface area contributed by atoms with Crippen LogP contribution in [-0.2, 0) is 0 Å². The van der Waals surface area contributed by atoms with E-state index < -0.39 is 0 Å². The predicted octanol–water partition coefficient (Wildman–Crippen LogP) is 5.05. The Kier molecular flexibility index (Phi) is 5.18. The zero-order chi connectivity index (χ0) is 13.5. The van der Waals surface area contributed by atoms with Crippen molar-refractivity contribution in [2.45, 2.75) is 26.2 Å². The van der Waals surface area contributed by atoms with Crippen LogP contribution >= 0.6 is 15.9 Å². The van der Waals surface area contributed by atoms with Crippen LogP contribution in [0.2, 0.25) is 0 Å². The van der Waals surface area contributed by atoms with Crippen molar-refractivity contribution in [1.29, 1.82) is 0 Å². The fourth-order valence-electron chi connectivity index (χ4n) is 1.69. The molecule has 1 aromatic heterocycles. The Hall–Kier alpha value is -1.59. The maximum atomic E-state index is 4.46. The molecule has 0 radical (unpaired) electrons. The number of pyridine rings is 1. The van der Waals surface area contributed by atoms with Crippen molar-refractivity contribution in [2.24, 2.45) is 0 Å². The fourth-order valence-corrected chi connectivity index (χ4v) is 1.95. The Morgan fingerprint density at radius 2 is 1.89 bits per heavy atom. The van der Waals surface area contributed by atoms with Gasteiger partial charge in [0.25, 0.3) is 0 Å². The highest BCUT2D eigenvalue weighted by Gasteiger charge is 1.98. The van der Waals surface area contributed by atoms with Gasteiger partial charge in [0.2, 0.25) is 0 Å². The Balaban J connectivity index is 2.09. The van der Waals surface area contributed by atoms with Crippen LogP contribution in [0.4, 0.5) is 0 Å². The predicted molar refractivity (Wildman–Crippen MR) is 83.8 cm³/mol. The largest absolute Gasteiger partial charge is 0.255 e. The molecule has 96 valence electrons. The summed E-state index contributed by atoms with van der Waals surface area (Å²) in [7, 11) is 0. The van der Waals surface area contributed by atoms with E-state index in [-0.39, 0.29) is 0 Å². The number of unbranched alkanes of at least 4 members (excludes halogenated alkanes) is 2. The van der Waals surface area contributed by atoms with Crippen molar-refractivity contribution in [2.75, 3.05) is 0 Å². The lowest BCUT2D eigenvalue weighted by Crippen LogP contribution is -1.84. The molecule has 2 heteroatoms. The number of halogens is 1. The van der Waals surface area contributed by atoms with E-state index in [0.29, 0.717) is 0 Å². The van der Waals surface area contributed by atoms with Crippen LogP contribution in [0.3, 0.4) is 0 Å². The molecule has 2 rings (SSSR count). The van der Waals surface area contributed by atoms with Crippen LogP contribution in [0.1, 0.15) is 31.7 Å². The summed E-state index contributed by atoms with van der Waals surface area (Å²) < 4.78 is 1.08. The van der Waals surface area contributed by atoms with E-state index in [1.807, 2.05) is 30.5 Å². The van der Waals surface area contributed by atoms with Crippen molar-refractivity contribution in [1.82, 2.24) is 4.98 Å². The van der Waals surface area contributed by atoms with Gasteiger partial charge >= 0.3 is 0 Å². The van der Waals surface area contributed by atoms with Crippen molar-refractivity contribution in [3.05, 3.63) is 52.6 Å². The Morgan fingerprint density at radius 3 is 2.53 bits per heavy atom. The Morgan fingerprint density at radius 1 is 1.11 bits per heavy atom. The summed E-state index contributed by atoms with van der Waals surface area (Å²) in [6.07, 6.45) is 5.16. The van der Waals surface area contributed by atoms with E-state index >= 15 is 0 Å². The minimum atomic E-state index is 0.963. The first-order valence-electron chi connectivity index (χ1n) is 6.50. The molecular formula is C17H16BrN. The molecule has 0 spiro atoms. The van der Waals surface area contributed by atoms with Crippen LogP contribution in [0.25, 0.3) is 11.3 Å².